The van der Waals surface area contributed by atoms with Crippen molar-refractivity contribution < 1.29 is 13.9 Å². The number of amides is 1. The Kier molecular flexibility index (Phi) is 5.76. The van der Waals surface area contributed by atoms with E-state index < -0.39 is 5.82 Å². The second-order valence-electron chi connectivity index (χ2n) is 4.33. The average Bonchev–Trinajstić information content (AvgIpc) is 2.37. The first-order chi connectivity index (χ1) is 8.99. The van der Waals surface area contributed by atoms with Gasteiger partial charge >= 0.3 is 0 Å². The predicted octanol–water partition coefficient (Wildman–Crippen LogP) is 2.09. The van der Waals surface area contributed by atoms with Crippen molar-refractivity contribution in [2.45, 2.75) is 26.8 Å². The minimum atomic E-state index is -0.408. The number of likely N-dealkylation sites (N-methyl/N-ethyl adjacent to an activating group) is 1. The molecule has 0 saturated heterocycles. The van der Waals surface area contributed by atoms with Gasteiger partial charge in [0.2, 0.25) is 0 Å². The van der Waals surface area contributed by atoms with Crippen molar-refractivity contribution in [2.24, 2.45) is 5.73 Å². The molecule has 1 atom stereocenters. The lowest BCUT2D eigenvalue weighted by atomic mass is 10.1. The number of carbonyl (C=O) groups is 1. The maximum absolute atomic E-state index is 13.2. The summed E-state index contributed by atoms with van der Waals surface area (Å²) >= 11 is 0. The SMILES string of the molecule is CCN(CC)C(=O)COc1cc(F)ccc1C(C)N. The second kappa shape index (κ2) is 7.09. The van der Waals surface area contributed by atoms with Gasteiger partial charge in [-0.3, -0.25) is 4.79 Å². The Morgan fingerprint density at radius 2 is 2.05 bits per heavy atom. The molecule has 4 nitrogen and oxygen atoms in total. The molecule has 1 rings (SSSR count). The molecule has 0 fully saturated rings. The van der Waals surface area contributed by atoms with Crippen LogP contribution in [0.15, 0.2) is 18.2 Å². The molecule has 106 valence electrons. The molecule has 0 saturated carbocycles. The van der Waals surface area contributed by atoms with Gasteiger partial charge in [0, 0.05) is 30.8 Å². The second-order valence-corrected chi connectivity index (χ2v) is 4.33. The molecule has 0 spiro atoms. The summed E-state index contributed by atoms with van der Waals surface area (Å²) in [4.78, 5) is 13.5. The molecule has 0 aliphatic rings. The van der Waals surface area contributed by atoms with Gasteiger partial charge in [-0.05, 0) is 26.8 Å². The Morgan fingerprint density at radius 3 is 2.58 bits per heavy atom. The van der Waals surface area contributed by atoms with Gasteiger partial charge in [0.25, 0.3) is 5.91 Å². The summed E-state index contributed by atoms with van der Waals surface area (Å²) in [6.07, 6.45) is 0. The Hall–Kier alpha value is -1.62. The van der Waals surface area contributed by atoms with Crippen LogP contribution in [0.25, 0.3) is 0 Å². The number of hydrogen-bond acceptors (Lipinski definition) is 3. The largest absolute Gasteiger partial charge is 0.483 e. The van der Waals surface area contributed by atoms with E-state index in [1.165, 1.54) is 12.1 Å². The summed E-state index contributed by atoms with van der Waals surface area (Å²) < 4.78 is 18.6. The fourth-order valence-corrected chi connectivity index (χ4v) is 1.82. The van der Waals surface area contributed by atoms with Crippen molar-refractivity contribution in [3.05, 3.63) is 29.6 Å². The lowest BCUT2D eigenvalue weighted by molar-refractivity contribution is -0.132. The summed E-state index contributed by atoms with van der Waals surface area (Å²) in [5, 5.41) is 0. The Balaban J connectivity index is 2.77. The van der Waals surface area contributed by atoms with Crippen LogP contribution < -0.4 is 10.5 Å². The van der Waals surface area contributed by atoms with E-state index in [1.54, 1.807) is 17.9 Å². The summed E-state index contributed by atoms with van der Waals surface area (Å²) in [5.74, 6) is -0.199. The molecule has 1 aromatic rings. The van der Waals surface area contributed by atoms with E-state index in [-0.39, 0.29) is 18.6 Å². The predicted molar refractivity (Wildman–Crippen MR) is 72.4 cm³/mol. The van der Waals surface area contributed by atoms with E-state index in [0.717, 1.165) is 0 Å². The lowest BCUT2D eigenvalue weighted by Gasteiger charge is -2.20. The van der Waals surface area contributed by atoms with E-state index >= 15 is 0 Å². The van der Waals surface area contributed by atoms with Crippen LogP contribution in [0.5, 0.6) is 5.75 Å². The number of rotatable bonds is 6. The van der Waals surface area contributed by atoms with Crippen molar-refractivity contribution in [3.63, 3.8) is 0 Å². The molecule has 5 heteroatoms. The molecule has 1 unspecified atom stereocenters. The highest BCUT2D eigenvalue weighted by molar-refractivity contribution is 5.77. The fourth-order valence-electron chi connectivity index (χ4n) is 1.82. The molecule has 2 N–H and O–H groups in total. The van der Waals surface area contributed by atoms with E-state index in [0.29, 0.717) is 24.4 Å². The molecule has 1 aromatic carbocycles. The van der Waals surface area contributed by atoms with Gasteiger partial charge in [0.15, 0.2) is 6.61 Å². The first-order valence-electron chi connectivity index (χ1n) is 6.45. The Labute approximate surface area is 113 Å². The van der Waals surface area contributed by atoms with Crippen LogP contribution in [-0.2, 0) is 4.79 Å². The molecule has 0 bridgehead atoms. The van der Waals surface area contributed by atoms with Gasteiger partial charge in [-0.15, -0.1) is 0 Å². The quantitative estimate of drug-likeness (QED) is 0.859. The molecular weight excluding hydrogens is 247 g/mol. The van der Waals surface area contributed by atoms with Crippen molar-refractivity contribution in [3.8, 4) is 5.75 Å². The standard InChI is InChI=1S/C14H21FN2O2/c1-4-17(5-2)14(18)9-19-13-8-11(15)6-7-12(13)10(3)16/h6-8,10H,4-5,9,16H2,1-3H3. The van der Waals surface area contributed by atoms with Gasteiger partial charge in [-0.2, -0.15) is 0 Å². The third-order valence-electron chi connectivity index (χ3n) is 2.93. The van der Waals surface area contributed by atoms with E-state index in [2.05, 4.69) is 0 Å². The number of hydrogen-bond donors (Lipinski definition) is 1. The molecule has 19 heavy (non-hydrogen) atoms. The fraction of sp³-hybridized carbons (Fsp3) is 0.500. The van der Waals surface area contributed by atoms with Crippen molar-refractivity contribution in [2.75, 3.05) is 19.7 Å². The molecule has 1 amide bonds. The van der Waals surface area contributed by atoms with Crippen LogP contribution in [-0.4, -0.2) is 30.5 Å². The summed E-state index contributed by atoms with van der Waals surface area (Å²) in [7, 11) is 0. The van der Waals surface area contributed by atoms with Gasteiger partial charge in [0.1, 0.15) is 11.6 Å². The van der Waals surface area contributed by atoms with Crippen LogP contribution in [0, 0.1) is 5.82 Å². The maximum Gasteiger partial charge on any atom is 0.260 e. The molecule has 0 aromatic heterocycles. The van der Waals surface area contributed by atoms with Crippen molar-refractivity contribution in [1.29, 1.82) is 0 Å². The number of nitrogens with two attached hydrogens (primary N) is 1. The molecule has 0 radical (unpaired) electrons. The van der Waals surface area contributed by atoms with Gasteiger partial charge in [0.05, 0.1) is 0 Å². The number of halogens is 1. The molecule has 0 aliphatic heterocycles. The van der Waals surface area contributed by atoms with Gasteiger partial charge < -0.3 is 15.4 Å². The smallest absolute Gasteiger partial charge is 0.260 e. The third kappa shape index (κ3) is 4.21. The minimum absolute atomic E-state index is 0.106. The monoisotopic (exact) mass is 268 g/mol. The number of nitrogens with zero attached hydrogens (tertiary/aromatic N) is 1. The summed E-state index contributed by atoms with van der Waals surface area (Å²) in [5.41, 5.74) is 6.47. The highest BCUT2D eigenvalue weighted by atomic mass is 19.1. The normalized spacial score (nSPS) is 12.1. The zero-order valence-corrected chi connectivity index (χ0v) is 11.6. The lowest BCUT2D eigenvalue weighted by Crippen LogP contribution is -2.34. The number of carbonyl (C=O) groups excluding carboxylic acids is 1. The Morgan fingerprint density at radius 1 is 1.42 bits per heavy atom. The number of ether oxygens (including phenoxy) is 1. The highest BCUT2D eigenvalue weighted by Gasteiger charge is 2.14. The van der Waals surface area contributed by atoms with Crippen molar-refractivity contribution >= 4 is 5.91 Å². The summed E-state index contributed by atoms with van der Waals surface area (Å²) in [6, 6.07) is 3.89. The van der Waals surface area contributed by atoms with Crippen molar-refractivity contribution in [1.82, 2.24) is 4.90 Å². The number of benzene rings is 1. The van der Waals surface area contributed by atoms with E-state index in [9.17, 15) is 9.18 Å². The Bertz CT molecular complexity index is 431. The van der Waals surface area contributed by atoms with Crippen LogP contribution in [0.2, 0.25) is 0 Å². The van der Waals surface area contributed by atoms with E-state index in [1.807, 2.05) is 13.8 Å². The van der Waals surface area contributed by atoms with Crippen LogP contribution in [0.1, 0.15) is 32.4 Å². The maximum atomic E-state index is 13.2. The summed E-state index contributed by atoms with van der Waals surface area (Å²) in [6.45, 7) is 6.73. The first-order valence-corrected chi connectivity index (χ1v) is 6.45. The highest BCUT2D eigenvalue weighted by Crippen LogP contribution is 2.24. The van der Waals surface area contributed by atoms with Gasteiger partial charge in [-0.25, -0.2) is 4.39 Å². The topological polar surface area (TPSA) is 55.6 Å². The van der Waals surface area contributed by atoms with E-state index in [4.69, 9.17) is 10.5 Å². The zero-order chi connectivity index (χ0) is 14.4. The molecule has 0 heterocycles. The van der Waals surface area contributed by atoms with Crippen LogP contribution >= 0.6 is 0 Å². The van der Waals surface area contributed by atoms with Crippen LogP contribution in [0.3, 0.4) is 0 Å². The van der Waals surface area contributed by atoms with Gasteiger partial charge in [-0.1, -0.05) is 6.07 Å². The molecular formula is C14H21FN2O2. The van der Waals surface area contributed by atoms with Crippen LogP contribution in [0.4, 0.5) is 4.39 Å². The minimum Gasteiger partial charge on any atom is -0.483 e. The third-order valence-corrected chi connectivity index (χ3v) is 2.93. The first kappa shape index (κ1) is 15.4. The average molecular weight is 268 g/mol. The molecule has 0 aliphatic carbocycles. The zero-order valence-electron chi connectivity index (χ0n) is 11.6.